The van der Waals surface area contributed by atoms with Crippen LogP contribution in [0.5, 0.6) is 0 Å². The Morgan fingerprint density at radius 2 is 1.59 bits per heavy atom. The summed E-state index contributed by atoms with van der Waals surface area (Å²) in [5, 5.41) is 10.6. The molecule has 0 aliphatic heterocycles. The first-order chi connectivity index (χ1) is 16.9. The Kier molecular flexibility index (Phi) is 6.25. The van der Waals surface area contributed by atoms with Gasteiger partial charge in [0.15, 0.2) is 0 Å². The zero-order valence-electron chi connectivity index (χ0n) is 25.7. The molecule has 5 aliphatic carbocycles. The number of fused-ring (bicyclic) bond motifs is 7. The van der Waals surface area contributed by atoms with E-state index in [1.165, 1.54) is 19.3 Å². The third-order valence-corrected chi connectivity index (χ3v) is 13.9. The van der Waals surface area contributed by atoms with Crippen molar-refractivity contribution in [2.75, 3.05) is 0 Å². The molecule has 0 aromatic carbocycles. The van der Waals surface area contributed by atoms with Gasteiger partial charge >= 0.3 is 5.97 Å². The van der Waals surface area contributed by atoms with Gasteiger partial charge in [0.1, 0.15) is 0 Å². The van der Waals surface area contributed by atoms with Crippen LogP contribution in [0.3, 0.4) is 0 Å². The van der Waals surface area contributed by atoms with Gasteiger partial charge < -0.3 is 9.84 Å². The number of carbonyl (C=O) groups is 1. The third-order valence-electron chi connectivity index (χ3n) is 13.9. The van der Waals surface area contributed by atoms with Gasteiger partial charge in [-0.25, -0.2) is 0 Å². The molecule has 0 bridgehead atoms. The minimum absolute atomic E-state index is 0.0989. The van der Waals surface area contributed by atoms with Crippen LogP contribution in [-0.4, -0.2) is 22.8 Å². The predicted molar refractivity (Wildman–Crippen MR) is 151 cm³/mol. The molecule has 10 atom stereocenters. The second-order valence-corrected chi connectivity index (χ2v) is 16.7. The van der Waals surface area contributed by atoms with Crippen molar-refractivity contribution in [2.45, 2.75) is 139 Å². The van der Waals surface area contributed by atoms with E-state index in [2.05, 4.69) is 75.3 Å². The molecular formula is C34H56O3. The minimum atomic E-state index is -0.550. The van der Waals surface area contributed by atoms with E-state index < -0.39 is 11.4 Å². The summed E-state index contributed by atoms with van der Waals surface area (Å²) in [4.78, 5) is 12.9. The van der Waals surface area contributed by atoms with Crippen molar-refractivity contribution in [1.82, 2.24) is 0 Å². The topological polar surface area (TPSA) is 46.5 Å². The monoisotopic (exact) mass is 512 g/mol. The first kappa shape index (κ1) is 27.7. The summed E-state index contributed by atoms with van der Waals surface area (Å²) >= 11 is 0. The van der Waals surface area contributed by atoms with Crippen molar-refractivity contribution < 1.29 is 14.6 Å². The molecule has 5 aliphatic rings. The van der Waals surface area contributed by atoms with Crippen molar-refractivity contribution in [1.29, 1.82) is 0 Å². The lowest BCUT2D eigenvalue weighted by atomic mass is 9.33. The van der Waals surface area contributed by atoms with Gasteiger partial charge in [0.2, 0.25) is 0 Å². The number of rotatable bonds is 2. The molecule has 0 radical (unpaired) electrons. The second-order valence-electron chi connectivity index (χ2n) is 16.7. The Labute approximate surface area is 227 Å². The summed E-state index contributed by atoms with van der Waals surface area (Å²) in [6.45, 7) is 24.1. The van der Waals surface area contributed by atoms with Gasteiger partial charge in [-0.05, 0) is 130 Å². The van der Waals surface area contributed by atoms with Gasteiger partial charge in [0.25, 0.3) is 0 Å². The smallest absolute Gasteiger partial charge is 0.310 e. The Bertz CT molecular complexity index is 972. The molecular weight excluding hydrogens is 456 g/mol. The normalized spacial score (nSPS) is 51.1. The van der Waals surface area contributed by atoms with Crippen LogP contribution in [0.4, 0.5) is 0 Å². The van der Waals surface area contributed by atoms with Crippen LogP contribution in [0, 0.1) is 56.7 Å². The summed E-state index contributed by atoms with van der Waals surface area (Å²) in [5.41, 5.74) is 1.66. The molecule has 5 rings (SSSR count). The zero-order valence-corrected chi connectivity index (χ0v) is 25.7. The highest BCUT2D eigenvalue weighted by Crippen LogP contribution is 2.76. The Morgan fingerprint density at radius 1 is 0.919 bits per heavy atom. The molecule has 0 spiro atoms. The molecule has 3 nitrogen and oxygen atoms in total. The molecule has 1 unspecified atom stereocenters. The lowest BCUT2D eigenvalue weighted by Gasteiger charge is -2.71. The lowest BCUT2D eigenvalue weighted by molar-refractivity contribution is -0.228. The van der Waals surface area contributed by atoms with Crippen LogP contribution >= 0.6 is 0 Å². The number of hydrogen-bond donors (Lipinski definition) is 1. The fourth-order valence-electron chi connectivity index (χ4n) is 11.5. The summed E-state index contributed by atoms with van der Waals surface area (Å²) < 4.78 is 6.70. The largest absolute Gasteiger partial charge is 0.481 e. The Balaban J connectivity index is 1.55. The molecule has 1 N–H and O–H groups in total. The SMILES string of the molecule is C[C@H]1[C@H](C)CC[C@]2(C(=O)O)CC[C@]3(C)C(=CC[C@@H]4[C@@]5(C)CC[C@H](OC(C)(C)C)C(C)(C)C5CC[C@]43C)[C@H]12. The van der Waals surface area contributed by atoms with E-state index >= 15 is 0 Å². The van der Waals surface area contributed by atoms with Crippen LogP contribution in [0.15, 0.2) is 11.6 Å². The first-order valence-electron chi connectivity index (χ1n) is 15.6. The standard InChI is InChI=1S/C34H56O3/c1-21-13-18-34(28(35)36)20-19-32(9)23(27(34)22(21)2)11-12-25-31(8)16-15-26(37-29(3,4)5)30(6,7)24(31)14-17-33(25,32)10/h11,21-22,24-27H,12-20H2,1-10H3,(H,35,36)/t21-,22+,24?,25-,26+,27+,31+,32-,33-,34+/m1/s1. The fourth-order valence-corrected chi connectivity index (χ4v) is 11.5. The number of hydrogen-bond acceptors (Lipinski definition) is 2. The number of ether oxygens (including phenoxy) is 1. The fraction of sp³-hybridized carbons (Fsp3) is 0.912. The maximum Gasteiger partial charge on any atom is 0.310 e. The third kappa shape index (κ3) is 3.64. The predicted octanol–water partition coefficient (Wildman–Crippen LogP) is 8.91. The molecule has 37 heavy (non-hydrogen) atoms. The molecule has 0 saturated heterocycles. The van der Waals surface area contributed by atoms with E-state index in [1.807, 2.05) is 0 Å². The number of carboxylic acid groups (broad SMARTS) is 1. The van der Waals surface area contributed by atoms with Gasteiger partial charge in [0.05, 0.1) is 17.1 Å². The van der Waals surface area contributed by atoms with Crippen molar-refractivity contribution >= 4 is 5.97 Å². The molecule has 3 heteroatoms. The highest BCUT2D eigenvalue weighted by molar-refractivity contribution is 5.76. The summed E-state index contributed by atoms with van der Waals surface area (Å²) in [7, 11) is 0. The van der Waals surface area contributed by atoms with E-state index in [0.29, 0.717) is 35.2 Å². The summed E-state index contributed by atoms with van der Waals surface area (Å²) in [6.07, 6.45) is 12.8. The molecule has 210 valence electrons. The molecule has 0 aromatic heterocycles. The van der Waals surface area contributed by atoms with Gasteiger partial charge in [-0.3, -0.25) is 4.79 Å². The molecule has 0 amide bonds. The number of allylic oxidation sites excluding steroid dienone is 2. The van der Waals surface area contributed by atoms with Gasteiger partial charge in [-0.15, -0.1) is 0 Å². The van der Waals surface area contributed by atoms with Crippen molar-refractivity contribution in [2.24, 2.45) is 56.7 Å². The van der Waals surface area contributed by atoms with Crippen molar-refractivity contribution in [3.05, 3.63) is 11.6 Å². The average Bonchev–Trinajstić information content (AvgIpc) is 2.78. The molecule has 4 fully saturated rings. The zero-order chi connectivity index (χ0) is 27.4. The van der Waals surface area contributed by atoms with E-state index in [9.17, 15) is 9.90 Å². The van der Waals surface area contributed by atoms with Crippen LogP contribution in [0.1, 0.15) is 127 Å². The van der Waals surface area contributed by atoms with E-state index in [-0.39, 0.29) is 27.8 Å². The van der Waals surface area contributed by atoms with E-state index in [4.69, 9.17) is 4.74 Å². The quantitative estimate of drug-likeness (QED) is 0.376. The Hall–Kier alpha value is -0.830. The maximum atomic E-state index is 12.9. The van der Waals surface area contributed by atoms with Crippen LogP contribution in [0.25, 0.3) is 0 Å². The minimum Gasteiger partial charge on any atom is -0.481 e. The van der Waals surface area contributed by atoms with Crippen LogP contribution < -0.4 is 0 Å². The molecule has 0 heterocycles. The van der Waals surface area contributed by atoms with E-state index in [0.717, 1.165) is 38.5 Å². The summed E-state index contributed by atoms with van der Waals surface area (Å²) in [6, 6.07) is 0. The highest BCUT2D eigenvalue weighted by atomic mass is 16.5. The van der Waals surface area contributed by atoms with Crippen molar-refractivity contribution in [3.8, 4) is 0 Å². The maximum absolute atomic E-state index is 12.9. The summed E-state index contributed by atoms with van der Waals surface area (Å²) in [5.74, 6) is 2.01. The second kappa shape index (κ2) is 8.34. The van der Waals surface area contributed by atoms with Crippen molar-refractivity contribution in [3.63, 3.8) is 0 Å². The van der Waals surface area contributed by atoms with Gasteiger partial charge in [-0.2, -0.15) is 0 Å². The highest BCUT2D eigenvalue weighted by Gasteiger charge is 2.69. The molecule has 4 saturated carbocycles. The number of carboxylic acids is 1. The van der Waals surface area contributed by atoms with Gasteiger partial charge in [-0.1, -0.05) is 60.1 Å². The van der Waals surface area contributed by atoms with E-state index in [1.54, 1.807) is 5.57 Å². The van der Waals surface area contributed by atoms with Gasteiger partial charge in [0, 0.05) is 0 Å². The lowest BCUT2D eigenvalue weighted by Crippen LogP contribution is -2.65. The van der Waals surface area contributed by atoms with Crippen LogP contribution in [0.2, 0.25) is 0 Å². The average molecular weight is 513 g/mol. The Morgan fingerprint density at radius 3 is 2.22 bits per heavy atom. The number of aliphatic carboxylic acids is 1. The first-order valence-corrected chi connectivity index (χ1v) is 15.6. The molecule has 0 aromatic rings. The van der Waals surface area contributed by atoms with Crippen LogP contribution in [-0.2, 0) is 9.53 Å².